The summed E-state index contributed by atoms with van der Waals surface area (Å²) in [5.74, 6) is 0. The Balaban J connectivity index is 2.21. The average molecular weight is 205 g/mol. The van der Waals surface area contributed by atoms with Gasteiger partial charge in [0.05, 0.1) is 23.6 Å². The third-order valence-corrected chi connectivity index (χ3v) is 2.47. The number of rotatable bonds is 2. The molecule has 2 heterocycles. The van der Waals surface area contributed by atoms with E-state index in [1.54, 1.807) is 0 Å². The van der Waals surface area contributed by atoms with E-state index >= 15 is 0 Å². The molecule has 2 N–H and O–H groups in total. The van der Waals surface area contributed by atoms with E-state index in [1.165, 1.54) is 0 Å². The Morgan fingerprint density at radius 1 is 1.33 bits per heavy atom. The van der Waals surface area contributed by atoms with Gasteiger partial charge in [0.15, 0.2) is 0 Å². The van der Waals surface area contributed by atoms with Gasteiger partial charge < -0.3 is 5.73 Å². The third-order valence-electron chi connectivity index (χ3n) is 2.47. The molecule has 0 radical (unpaired) electrons. The van der Waals surface area contributed by atoms with E-state index in [0.717, 1.165) is 22.8 Å². The highest BCUT2D eigenvalue weighted by Crippen LogP contribution is 2.09. The van der Waals surface area contributed by atoms with Gasteiger partial charge in [0.2, 0.25) is 0 Å². The van der Waals surface area contributed by atoms with Crippen LogP contribution in [0.1, 0.15) is 17.1 Å². The fraction of sp³-hybridized carbons (Fsp3) is 0.400. The molecule has 0 saturated carbocycles. The monoisotopic (exact) mass is 205 g/mol. The number of hydrogen-bond donors (Lipinski definition) is 1. The smallest absolute Gasteiger partial charge is 0.0850 e. The average Bonchev–Trinajstić information content (AvgIpc) is 2.59. The van der Waals surface area contributed by atoms with Gasteiger partial charge in [-0.05, 0) is 19.9 Å². The summed E-state index contributed by atoms with van der Waals surface area (Å²) in [6.07, 6.45) is 1.83. The third kappa shape index (κ3) is 1.86. The Kier molecular flexibility index (Phi) is 2.22. The largest absolute Gasteiger partial charge is 0.396 e. The Labute approximate surface area is 88.5 Å². The molecule has 0 amide bonds. The van der Waals surface area contributed by atoms with Crippen molar-refractivity contribution in [2.75, 3.05) is 5.73 Å². The van der Waals surface area contributed by atoms with Gasteiger partial charge in [0.1, 0.15) is 0 Å². The normalized spacial score (nSPS) is 10.9. The molecule has 0 aliphatic rings. The summed E-state index contributed by atoms with van der Waals surface area (Å²) in [6.45, 7) is 4.59. The molecule has 0 aromatic carbocycles. The Morgan fingerprint density at radius 3 is 2.53 bits per heavy atom. The van der Waals surface area contributed by atoms with Gasteiger partial charge in [0.25, 0.3) is 0 Å². The van der Waals surface area contributed by atoms with Crippen LogP contribution in [-0.4, -0.2) is 19.6 Å². The van der Waals surface area contributed by atoms with Crippen molar-refractivity contribution in [3.63, 3.8) is 0 Å². The van der Waals surface area contributed by atoms with E-state index in [0.29, 0.717) is 6.54 Å². The minimum Gasteiger partial charge on any atom is -0.396 e. The molecule has 0 spiro atoms. The second-order valence-corrected chi connectivity index (χ2v) is 3.77. The van der Waals surface area contributed by atoms with Crippen LogP contribution in [0.4, 0.5) is 5.69 Å². The zero-order valence-corrected chi connectivity index (χ0v) is 9.23. The molecule has 15 heavy (non-hydrogen) atoms. The standard InChI is InChI=1S/C10H15N5/c1-7-4-9(13-14(7)3)5-15-6-10(11)8(2)12-15/h4,6H,5,11H2,1-3H3. The summed E-state index contributed by atoms with van der Waals surface area (Å²) in [6, 6.07) is 2.05. The van der Waals surface area contributed by atoms with Gasteiger partial charge in [-0.1, -0.05) is 0 Å². The van der Waals surface area contributed by atoms with Crippen molar-refractivity contribution in [3.05, 3.63) is 29.3 Å². The fourth-order valence-corrected chi connectivity index (χ4v) is 1.49. The van der Waals surface area contributed by atoms with E-state index in [2.05, 4.69) is 10.2 Å². The Bertz CT molecular complexity index is 397. The number of nitrogen functional groups attached to an aromatic ring is 1. The zero-order chi connectivity index (χ0) is 11.0. The molecule has 0 atom stereocenters. The van der Waals surface area contributed by atoms with Gasteiger partial charge in [-0.2, -0.15) is 10.2 Å². The number of nitrogens with zero attached hydrogens (tertiary/aromatic N) is 4. The quantitative estimate of drug-likeness (QED) is 0.791. The van der Waals surface area contributed by atoms with Crippen molar-refractivity contribution in [2.45, 2.75) is 20.4 Å². The van der Waals surface area contributed by atoms with Gasteiger partial charge in [0, 0.05) is 18.9 Å². The number of aryl methyl sites for hydroxylation is 3. The summed E-state index contributed by atoms with van der Waals surface area (Å²) in [5, 5.41) is 8.65. The highest BCUT2D eigenvalue weighted by molar-refractivity contribution is 5.39. The SMILES string of the molecule is Cc1nn(Cc2cc(C)n(C)n2)cc1N. The van der Waals surface area contributed by atoms with E-state index in [9.17, 15) is 0 Å². The van der Waals surface area contributed by atoms with Gasteiger partial charge in [-0.15, -0.1) is 0 Å². The van der Waals surface area contributed by atoms with Crippen molar-refractivity contribution in [1.82, 2.24) is 19.6 Å². The van der Waals surface area contributed by atoms with Crippen LogP contribution < -0.4 is 5.73 Å². The van der Waals surface area contributed by atoms with Crippen molar-refractivity contribution in [1.29, 1.82) is 0 Å². The molecule has 0 bridgehead atoms. The molecule has 0 aliphatic heterocycles. The summed E-state index contributed by atoms with van der Waals surface area (Å²) >= 11 is 0. The lowest BCUT2D eigenvalue weighted by Crippen LogP contribution is -2.02. The fourth-order valence-electron chi connectivity index (χ4n) is 1.49. The summed E-state index contributed by atoms with van der Waals surface area (Å²) in [7, 11) is 1.93. The number of hydrogen-bond acceptors (Lipinski definition) is 3. The number of aromatic nitrogens is 4. The maximum Gasteiger partial charge on any atom is 0.0850 e. The maximum atomic E-state index is 5.72. The highest BCUT2D eigenvalue weighted by Gasteiger charge is 2.05. The van der Waals surface area contributed by atoms with Crippen molar-refractivity contribution in [2.24, 2.45) is 7.05 Å². The van der Waals surface area contributed by atoms with Crippen LogP contribution in [0.2, 0.25) is 0 Å². The first kappa shape index (κ1) is 9.76. The molecule has 5 heteroatoms. The molecule has 0 aliphatic carbocycles. The first-order chi connectivity index (χ1) is 7.06. The molecule has 80 valence electrons. The molecule has 0 saturated heterocycles. The lowest BCUT2D eigenvalue weighted by molar-refractivity contribution is 0.642. The Morgan fingerprint density at radius 2 is 2.07 bits per heavy atom. The molecule has 2 rings (SSSR count). The van der Waals surface area contributed by atoms with Crippen LogP contribution >= 0.6 is 0 Å². The van der Waals surface area contributed by atoms with Crippen LogP contribution in [-0.2, 0) is 13.6 Å². The number of nitrogens with two attached hydrogens (primary N) is 1. The Hall–Kier alpha value is -1.78. The van der Waals surface area contributed by atoms with Crippen LogP contribution in [0.3, 0.4) is 0 Å². The summed E-state index contributed by atoms with van der Waals surface area (Å²) < 4.78 is 3.67. The first-order valence-electron chi connectivity index (χ1n) is 4.85. The molecule has 0 unspecified atom stereocenters. The van der Waals surface area contributed by atoms with E-state index in [1.807, 2.05) is 42.5 Å². The maximum absolute atomic E-state index is 5.72. The first-order valence-corrected chi connectivity index (χ1v) is 4.85. The van der Waals surface area contributed by atoms with E-state index in [4.69, 9.17) is 5.73 Å². The highest BCUT2D eigenvalue weighted by atomic mass is 15.3. The molecule has 2 aromatic heterocycles. The predicted molar refractivity (Wildman–Crippen MR) is 58.4 cm³/mol. The summed E-state index contributed by atoms with van der Waals surface area (Å²) in [5.41, 5.74) is 9.45. The molecular formula is C10H15N5. The lowest BCUT2D eigenvalue weighted by Gasteiger charge is -1.96. The molecule has 0 fully saturated rings. The predicted octanol–water partition coefficient (Wildman–Crippen LogP) is 0.864. The van der Waals surface area contributed by atoms with Gasteiger partial charge in [-0.3, -0.25) is 9.36 Å². The van der Waals surface area contributed by atoms with Gasteiger partial charge >= 0.3 is 0 Å². The van der Waals surface area contributed by atoms with Crippen molar-refractivity contribution in [3.8, 4) is 0 Å². The van der Waals surface area contributed by atoms with Crippen molar-refractivity contribution >= 4 is 5.69 Å². The second kappa shape index (κ2) is 3.42. The van der Waals surface area contributed by atoms with E-state index < -0.39 is 0 Å². The van der Waals surface area contributed by atoms with Crippen LogP contribution in [0.5, 0.6) is 0 Å². The zero-order valence-electron chi connectivity index (χ0n) is 9.23. The van der Waals surface area contributed by atoms with E-state index in [-0.39, 0.29) is 0 Å². The van der Waals surface area contributed by atoms with Crippen LogP contribution in [0, 0.1) is 13.8 Å². The van der Waals surface area contributed by atoms with Crippen LogP contribution in [0.15, 0.2) is 12.3 Å². The molecule has 2 aromatic rings. The minimum absolute atomic E-state index is 0.666. The lowest BCUT2D eigenvalue weighted by atomic mass is 10.4. The second-order valence-electron chi connectivity index (χ2n) is 3.77. The van der Waals surface area contributed by atoms with Crippen LogP contribution in [0.25, 0.3) is 0 Å². The minimum atomic E-state index is 0.666. The number of anilines is 1. The van der Waals surface area contributed by atoms with Crippen molar-refractivity contribution < 1.29 is 0 Å². The molecule has 5 nitrogen and oxygen atoms in total. The van der Waals surface area contributed by atoms with Gasteiger partial charge in [-0.25, -0.2) is 0 Å². The summed E-state index contributed by atoms with van der Waals surface area (Å²) in [4.78, 5) is 0. The molecular weight excluding hydrogens is 190 g/mol. The topological polar surface area (TPSA) is 61.7 Å².